The van der Waals surface area contributed by atoms with Crippen molar-refractivity contribution in [3.05, 3.63) is 41.7 Å². The van der Waals surface area contributed by atoms with E-state index in [9.17, 15) is 0 Å². The van der Waals surface area contributed by atoms with Crippen LogP contribution in [0, 0.1) is 11.8 Å². The number of anilines is 2. The van der Waals surface area contributed by atoms with Gasteiger partial charge in [0.05, 0.1) is 32.8 Å². The van der Waals surface area contributed by atoms with Crippen LogP contribution in [0.2, 0.25) is 0 Å². The van der Waals surface area contributed by atoms with Gasteiger partial charge < -0.3 is 10.6 Å². The molecule has 7 heteroatoms. The van der Waals surface area contributed by atoms with Gasteiger partial charge in [0.25, 0.3) is 0 Å². The first-order valence-corrected chi connectivity index (χ1v) is 9.76. The Morgan fingerprint density at radius 3 is 3.15 bits per heavy atom. The molecule has 1 atom stereocenters. The molecule has 1 fully saturated rings. The molecule has 0 spiro atoms. The minimum Gasteiger partial charge on any atom is -0.339 e. The Bertz CT molecular complexity index is 1190. The van der Waals surface area contributed by atoms with Crippen molar-refractivity contribution in [3.63, 3.8) is 0 Å². The lowest BCUT2D eigenvalue weighted by atomic mass is 10.2. The van der Waals surface area contributed by atoms with Crippen molar-refractivity contribution in [2.75, 3.05) is 11.9 Å². The van der Waals surface area contributed by atoms with Crippen LogP contribution in [0.15, 0.2) is 36.8 Å². The highest BCUT2D eigenvalue weighted by atomic mass is 32.1. The second-order valence-electron chi connectivity index (χ2n) is 6.63. The van der Waals surface area contributed by atoms with Gasteiger partial charge in [0.2, 0.25) is 0 Å². The zero-order valence-electron chi connectivity index (χ0n) is 14.9. The minimum absolute atomic E-state index is 0.310. The molecule has 1 aromatic carbocycles. The molecule has 4 aromatic rings. The summed E-state index contributed by atoms with van der Waals surface area (Å²) in [5.41, 5.74) is 3.00. The number of rotatable bonds is 2. The van der Waals surface area contributed by atoms with Crippen LogP contribution >= 0.6 is 11.3 Å². The van der Waals surface area contributed by atoms with Crippen LogP contribution in [-0.2, 0) is 7.05 Å². The van der Waals surface area contributed by atoms with E-state index in [4.69, 9.17) is 0 Å². The number of aromatic nitrogens is 4. The Hall–Kier alpha value is -2.95. The molecule has 0 radical (unpaired) electrons. The Morgan fingerprint density at radius 2 is 2.26 bits per heavy atom. The molecule has 134 valence electrons. The molecule has 1 aliphatic rings. The molecule has 4 heterocycles. The first kappa shape index (κ1) is 16.2. The van der Waals surface area contributed by atoms with Crippen LogP contribution < -0.4 is 10.6 Å². The molecule has 1 saturated heterocycles. The highest BCUT2D eigenvalue weighted by Gasteiger charge is 2.12. The second kappa shape index (κ2) is 6.65. The van der Waals surface area contributed by atoms with E-state index in [2.05, 4.69) is 49.7 Å². The van der Waals surface area contributed by atoms with E-state index in [1.54, 1.807) is 17.7 Å². The van der Waals surface area contributed by atoms with Crippen molar-refractivity contribution in [1.82, 2.24) is 25.1 Å². The molecule has 0 unspecified atom stereocenters. The standard InChI is InChI=1S/C20H18N6S/c1-26-18-7-5-15(9-13(18)11-24-26)25-20-19-17(22-12-23-20)10-16(27-19)6-4-14-3-2-8-21-14/h5,7,9-12,14,21H,2-3,8H2,1H3,(H,22,23,25)/t14-/m1/s1. The maximum absolute atomic E-state index is 4.45. The molecule has 0 saturated carbocycles. The van der Waals surface area contributed by atoms with E-state index in [0.717, 1.165) is 50.5 Å². The molecular formula is C20H18N6S. The van der Waals surface area contributed by atoms with Crippen LogP contribution in [0.25, 0.3) is 21.1 Å². The predicted molar refractivity (Wildman–Crippen MR) is 109 cm³/mol. The van der Waals surface area contributed by atoms with Gasteiger partial charge in [0.1, 0.15) is 6.33 Å². The zero-order chi connectivity index (χ0) is 18.2. The summed E-state index contributed by atoms with van der Waals surface area (Å²) >= 11 is 1.63. The lowest BCUT2D eigenvalue weighted by Gasteiger charge is -2.06. The molecule has 3 aromatic heterocycles. The summed E-state index contributed by atoms with van der Waals surface area (Å²) in [6.45, 7) is 1.06. The molecule has 0 bridgehead atoms. The first-order valence-electron chi connectivity index (χ1n) is 8.94. The molecule has 2 N–H and O–H groups in total. The lowest BCUT2D eigenvalue weighted by Crippen LogP contribution is -2.18. The van der Waals surface area contributed by atoms with Gasteiger partial charge in [0.15, 0.2) is 5.82 Å². The molecule has 6 nitrogen and oxygen atoms in total. The largest absolute Gasteiger partial charge is 0.339 e. The molecule has 0 aliphatic carbocycles. The quantitative estimate of drug-likeness (QED) is 0.526. The highest BCUT2D eigenvalue weighted by molar-refractivity contribution is 7.20. The number of benzene rings is 1. The van der Waals surface area contributed by atoms with Gasteiger partial charge in [-0.15, -0.1) is 11.3 Å². The third kappa shape index (κ3) is 3.14. The lowest BCUT2D eigenvalue weighted by molar-refractivity contribution is 0.749. The summed E-state index contributed by atoms with van der Waals surface area (Å²) in [6.07, 6.45) is 5.79. The molecule has 1 aliphatic heterocycles. The van der Waals surface area contributed by atoms with E-state index in [-0.39, 0.29) is 0 Å². The van der Waals surface area contributed by atoms with Crippen LogP contribution in [0.1, 0.15) is 17.7 Å². The van der Waals surface area contributed by atoms with Gasteiger partial charge in [-0.25, -0.2) is 9.97 Å². The topological polar surface area (TPSA) is 67.7 Å². The van der Waals surface area contributed by atoms with Gasteiger partial charge in [-0.2, -0.15) is 5.10 Å². The smallest absolute Gasteiger partial charge is 0.151 e. The number of thiophene rings is 1. The number of fused-ring (bicyclic) bond motifs is 2. The fourth-order valence-electron chi connectivity index (χ4n) is 3.35. The van der Waals surface area contributed by atoms with Crippen molar-refractivity contribution in [1.29, 1.82) is 0 Å². The Kier molecular flexibility index (Phi) is 4.00. The first-order chi connectivity index (χ1) is 13.3. The zero-order valence-corrected chi connectivity index (χ0v) is 15.7. The van der Waals surface area contributed by atoms with Gasteiger partial charge in [-0.1, -0.05) is 11.8 Å². The van der Waals surface area contributed by atoms with Crippen molar-refractivity contribution in [2.45, 2.75) is 18.9 Å². The summed E-state index contributed by atoms with van der Waals surface area (Å²) in [7, 11) is 1.94. The Morgan fingerprint density at radius 1 is 1.30 bits per heavy atom. The summed E-state index contributed by atoms with van der Waals surface area (Å²) in [5, 5.41) is 12.2. The average molecular weight is 374 g/mol. The fourth-order valence-corrected chi connectivity index (χ4v) is 4.27. The molecular weight excluding hydrogens is 356 g/mol. The van der Waals surface area contributed by atoms with Crippen LogP contribution in [0.3, 0.4) is 0 Å². The van der Waals surface area contributed by atoms with Gasteiger partial charge in [0, 0.05) is 18.1 Å². The van der Waals surface area contributed by atoms with E-state index in [1.165, 1.54) is 6.42 Å². The number of aryl methyl sites for hydroxylation is 1. The summed E-state index contributed by atoms with van der Waals surface area (Å²) in [6, 6.07) is 8.53. The van der Waals surface area contributed by atoms with Crippen LogP contribution in [-0.4, -0.2) is 32.3 Å². The predicted octanol–water partition coefficient (Wildman–Crippen LogP) is 3.43. The maximum atomic E-state index is 4.45. The average Bonchev–Trinajstić information content (AvgIpc) is 3.40. The third-order valence-corrected chi connectivity index (χ3v) is 5.80. The highest BCUT2D eigenvalue weighted by Crippen LogP contribution is 2.31. The number of hydrogen-bond donors (Lipinski definition) is 2. The molecule has 5 rings (SSSR count). The SMILES string of the molecule is Cn1ncc2cc(Nc3ncnc4cc(C#C[C@H]5CCCN5)sc34)ccc21. The molecule has 0 amide bonds. The van der Waals surface area contributed by atoms with E-state index in [0.29, 0.717) is 6.04 Å². The van der Waals surface area contributed by atoms with Gasteiger partial charge >= 0.3 is 0 Å². The fraction of sp³-hybridized carbons (Fsp3) is 0.250. The number of nitrogens with one attached hydrogen (secondary N) is 2. The van der Waals surface area contributed by atoms with E-state index in [1.807, 2.05) is 30.1 Å². The van der Waals surface area contributed by atoms with Crippen molar-refractivity contribution >= 4 is 44.0 Å². The minimum atomic E-state index is 0.310. The summed E-state index contributed by atoms with van der Waals surface area (Å²) in [5.74, 6) is 7.42. The number of nitrogens with zero attached hydrogens (tertiary/aromatic N) is 4. The van der Waals surface area contributed by atoms with E-state index < -0.39 is 0 Å². The molecule has 27 heavy (non-hydrogen) atoms. The van der Waals surface area contributed by atoms with Gasteiger partial charge in [-0.3, -0.25) is 4.68 Å². The monoisotopic (exact) mass is 374 g/mol. The summed E-state index contributed by atoms with van der Waals surface area (Å²) < 4.78 is 2.89. The maximum Gasteiger partial charge on any atom is 0.151 e. The summed E-state index contributed by atoms with van der Waals surface area (Å²) in [4.78, 5) is 9.86. The Balaban J connectivity index is 1.46. The van der Waals surface area contributed by atoms with Gasteiger partial charge in [-0.05, 0) is 43.7 Å². The second-order valence-corrected chi connectivity index (χ2v) is 7.68. The normalized spacial score (nSPS) is 16.6. The van der Waals surface area contributed by atoms with Crippen molar-refractivity contribution in [2.24, 2.45) is 7.05 Å². The van der Waals surface area contributed by atoms with Crippen LogP contribution in [0.4, 0.5) is 11.5 Å². The van der Waals surface area contributed by atoms with E-state index >= 15 is 0 Å². The third-order valence-electron chi connectivity index (χ3n) is 4.75. The van der Waals surface area contributed by atoms with Crippen molar-refractivity contribution in [3.8, 4) is 11.8 Å². The van der Waals surface area contributed by atoms with Crippen molar-refractivity contribution < 1.29 is 0 Å². The number of hydrogen-bond acceptors (Lipinski definition) is 6. The van der Waals surface area contributed by atoms with Crippen LogP contribution in [0.5, 0.6) is 0 Å². The Labute approximate surface area is 160 Å².